The van der Waals surface area contributed by atoms with Gasteiger partial charge in [0.2, 0.25) is 0 Å². The Bertz CT molecular complexity index is 651. The van der Waals surface area contributed by atoms with Crippen molar-refractivity contribution >= 4 is 17.3 Å². The van der Waals surface area contributed by atoms with Crippen LogP contribution in [0.1, 0.15) is 30.7 Å². The minimum atomic E-state index is -0.459. The minimum absolute atomic E-state index is 0.0388. The first kappa shape index (κ1) is 13.1. The molecule has 1 aliphatic rings. The van der Waals surface area contributed by atoms with Crippen molar-refractivity contribution in [3.05, 3.63) is 57.2 Å². The van der Waals surface area contributed by atoms with Crippen LogP contribution < -0.4 is 0 Å². The first-order chi connectivity index (χ1) is 9.63. The molecule has 4 nitrogen and oxygen atoms in total. The Kier molecular flexibility index (Phi) is 3.40. The molecule has 0 N–H and O–H groups in total. The van der Waals surface area contributed by atoms with Crippen LogP contribution in [-0.4, -0.2) is 9.91 Å². The van der Waals surface area contributed by atoms with Crippen molar-refractivity contribution in [1.29, 1.82) is 0 Å². The summed E-state index contributed by atoms with van der Waals surface area (Å²) in [6, 6.07) is 10.8. The molecule has 0 bridgehead atoms. The first-order valence-electron chi connectivity index (χ1n) is 6.56. The number of aromatic nitrogens is 1. The number of halogens is 1. The Morgan fingerprint density at radius 1 is 1.20 bits per heavy atom. The third-order valence-corrected chi connectivity index (χ3v) is 3.97. The smallest absolute Gasteiger partial charge is 0.258 e. The van der Waals surface area contributed by atoms with Gasteiger partial charge in [0.1, 0.15) is 5.15 Å². The van der Waals surface area contributed by atoms with E-state index in [2.05, 4.69) is 17.1 Å². The molecule has 1 aliphatic carbocycles. The maximum absolute atomic E-state index is 10.8. The summed E-state index contributed by atoms with van der Waals surface area (Å²) in [7, 11) is 0. The molecule has 1 aromatic carbocycles. The Balaban J connectivity index is 1.93. The van der Waals surface area contributed by atoms with Crippen molar-refractivity contribution < 1.29 is 4.92 Å². The van der Waals surface area contributed by atoms with Gasteiger partial charge in [0.25, 0.3) is 5.69 Å². The second-order valence-electron chi connectivity index (χ2n) is 5.04. The zero-order valence-corrected chi connectivity index (χ0v) is 11.5. The molecule has 0 aliphatic heterocycles. The third kappa shape index (κ3) is 2.51. The molecule has 2 aromatic rings. The van der Waals surface area contributed by atoms with Gasteiger partial charge in [-0.25, -0.2) is 4.98 Å². The second kappa shape index (κ2) is 5.21. The molecule has 20 heavy (non-hydrogen) atoms. The van der Waals surface area contributed by atoms with Gasteiger partial charge in [-0.15, -0.1) is 0 Å². The lowest BCUT2D eigenvalue weighted by molar-refractivity contribution is -0.384. The Morgan fingerprint density at radius 3 is 2.45 bits per heavy atom. The summed E-state index contributed by atoms with van der Waals surface area (Å²) in [6.07, 6.45) is 3.80. The van der Waals surface area contributed by atoms with Crippen LogP contribution >= 0.6 is 11.6 Å². The fourth-order valence-corrected chi connectivity index (χ4v) is 2.61. The van der Waals surface area contributed by atoms with Crippen LogP contribution in [0.4, 0.5) is 5.69 Å². The van der Waals surface area contributed by atoms with E-state index in [-0.39, 0.29) is 10.8 Å². The van der Waals surface area contributed by atoms with E-state index < -0.39 is 4.92 Å². The predicted octanol–water partition coefficient (Wildman–Crippen LogP) is 4.58. The topological polar surface area (TPSA) is 56.0 Å². The number of rotatable bonds is 3. The van der Waals surface area contributed by atoms with E-state index in [4.69, 9.17) is 11.6 Å². The summed E-state index contributed by atoms with van der Waals surface area (Å²) in [5.41, 5.74) is 2.67. The quantitative estimate of drug-likeness (QED) is 0.472. The molecule has 1 aromatic heterocycles. The van der Waals surface area contributed by atoms with Gasteiger partial charge in [-0.05, 0) is 24.3 Å². The monoisotopic (exact) mass is 288 g/mol. The van der Waals surface area contributed by atoms with Crippen LogP contribution in [0.15, 0.2) is 36.4 Å². The average Bonchev–Trinajstić information content (AvgIpc) is 2.37. The summed E-state index contributed by atoms with van der Waals surface area (Å²) in [5, 5.41) is 11.0. The van der Waals surface area contributed by atoms with Gasteiger partial charge in [0.05, 0.1) is 16.7 Å². The average molecular weight is 289 g/mol. The highest BCUT2D eigenvalue weighted by atomic mass is 35.5. The minimum Gasteiger partial charge on any atom is -0.258 e. The van der Waals surface area contributed by atoms with Crippen LogP contribution in [0.25, 0.3) is 11.3 Å². The lowest BCUT2D eigenvalue weighted by Crippen LogP contribution is -2.08. The van der Waals surface area contributed by atoms with E-state index in [1.807, 2.05) is 12.1 Å². The van der Waals surface area contributed by atoms with Crippen LogP contribution in [0, 0.1) is 10.1 Å². The molecule has 102 valence electrons. The Hall–Kier alpha value is -1.94. The van der Waals surface area contributed by atoms with Gasteiger partial charge < -0.3 is 0 Å². The van der Waals surface area contributed by atoms with Gasteiger partial charge in [-0.2, -0.15) is 0 Å². The van der Waals surface area contributed by atoms with Gasteiger partial charge in [-0.3, -0.25) is 10.1 Å². The van der Waals surface area contributed by atoms with Crippen LogP contribution in [-0.2, 0) is 0 Å². The molecule has 5 heteroatoms. The molecule has 1 fully saturated rings. The number of benzene rings is 1. The third-order valence-electron chi connectivity index (χ3n) is 3.77. The predicted molar refractivity (Wildman–Crippen MR) is 77.9 cm³/mol. The van der Waals surface area contributed by atoms with E-state index in [1.165, 1.54) is 37.0 Å². The Labute approximate surface area is 121 Å². The van der Waals surface area contributed by atoms with E-state index >= 15 is 0 Å². The van der Waals surface area contributed by atoms with Gasteiger partial charge >= 0.3 is 0 Å². The molecule has 0 atom stereocenters. The van der Waals surface area contributed by atoms with Gasteiger partial charge in [-0.1, -0.05) is 42.3 Å². The lowest BCUT2D eigenvalue weighted by Gasteiger charge is -2.25. The van der Waals surface area contributed by atoms with Crippen LogP contribution in [0.5, 0.6) is 0 Å². The van der Waals surface area contributed by atoms with Crippen LogP contribution in [0.2, 0.25) is 5.15 Å². The summed E-state index contributed by atoms with van der Waals surface area (Å²) in [5.74, 6) is 0.672. The fourth-order valence-electron chi connectivity index (χ4n) is 2.40. The largest absolute Gasteiger partial charge is 0.274 e. The van der Waals surface area contributed by atoms with Crippen molar-refractivity contribution in [3.8, 4) is 11.3 Å². The highest BCUT2D eigenvalue weighted by Gasteiger charge is 2.19. The van der Waals surface area contributed by atoms with Crippen molar-refractivity contribution in [1.82, 2.24) is 4.98 Å². The zero-order valence-electron chi connectivity index (χ0n) is 10.8. The number of hydrogen-bond acceptors (Lipinski definition) is 3. The standard InChI is InChI=1S/C15H13ClN2O2/c16-15-9-13(18(19)20)8-14(17-15)12-6-4-11(5-7-12)10-2-1-3-10/h4-10H,1-3H2. The number of pyridine rings is 1. The van der Waals surface area contributed by atoms with E-state index in [0.29, 0.717) is 11.6 Å². The summed E-state index contributed by atoms with van der Waals surface area (Å²) in [6.45, 7) is 0. The Morgan fingerprint density at radius 2 is 1.90 bits per heavy atom. The van der Waals surface area contributed by atoms with Crippen molar-refractivity contribution in [2.75, 3.05) is 0 Å². The molecule has 0 radical (unpaired) electrons. The molecular weight excluding hydrogens is 276 g/mol. The zero-order chi connectivity index (χ0) is 14.1. The van der Waals surface area contributed by atoms with Crippen molar-refractivity contribution in [3.63, 3.8) is 0 Å². The number of nitrogens with zero attached hydrogens (tertiary/aromatic N) is 2. The van der Waals surface area contributed by atoms with Crippen molar-refractivity contribution in [2.24, 2.45) is 0 Å². The van der Waals surface area contributed by atoms with E-state index in [1.54, 1.807) is 0 Å². The second-order valence-corrected chi connectivity index (χ2v) is 5.43. The van der Waals surface area contributed by atoms with Crippen LogP contribution in [0.3, 0.4) is 0 Å². The molecular formula is C15H13ClN2O2. The molecule has 1 saturated carbocycles. The summed E-state index contributed by atoms with van der Waals surface area (Å²) in [4.78, 5) is 14.5. The molecule has 0 saturated heterocycles. The lowest BCUT2D eigenvalue weighted by atomic mass is 9.80. The normalized spacial score (nSPS) is 14.8. The molecule has 0 spiro atoms. The fraction of sp³-hybridized carbons (Fsp3) is 0.267. The first-order valence-corrected chi connectivity index (χ1v) is 6.93. The highest BCUT2D eigenvalue weighted by Crippen LogP contribution is 2.37. The van der Waals surface area contributed by atoms with Gasteiger partial charge in [0, 0.05) is 11.6 Å². The molecule has 0 amide bonds. The molecule has 1 heterocycles. The maximum atomic E-state index is 10.8. The highest BCUT2D eigenvalue weighted by molar-refractivity contribution is 6.29. The maximum Gasteiger partial charge on any atom is 0.274 e. The van der Waals surface area contributed by atoms with Gasteiger partial charge in [0.15, 0.2) is 0 Å². The van der Waals surface area contributed by atoms with E-state index in [9.17, 15) is 10.1 Å². The molecule has 3 rings (SSSR count). The molecule has 0 unspecified atom stereocenters. The summed E-state index contributed by atoms with van der Waals surface area (Å²) >= 11 is 5.84. The SMILES string of the molecule is O=[N+]([O-])c1cc(Cl)nc(-c2ccc(C3CCC3)cc2)c1. The summed E-state index contributed by atoms with van der Waals surface area (Å²) < 4.78 is 0. The van der Waals surface area contributed by atoms with Crippen molar-refractivity contribution in [2.45, 2.75) is 25.2 Å². The van der Waals surface area contributed by atoms with E-state index in [0.717, 1.165) is 5.56 Å². The number of nitro groups is 1. The number of hydrogen-bond donors (Lipinski definition) is 0.